The zero-order valence-electron chi connectivity index (χ0n) is 10.5. The first-order chi connectivity index (χ1) is 9.19. The summed E-state index contributed by atoms with van der Waals surface area (Å²) in [5.74, 6) is -0.386. The van der Waals surface area contributed by atoms with Gasteiger partial charge in [-0.15, -0.1) is 11.3 Å². The van der Waals surface area contributed by atoms with E-state index in [1.54, 1.807) is 17.4 Å². The van der Waals surface area contributed by atoms with Gasteiger partial charge in [0.05, 0.1) is 16.8 Å². The van der Waals surface area contributed by atoms with Gasteiger partial charge in [-0.25, -0.2) is 9.37 Å². The van der Waals surface area contributed by atoms with Crippen molar-refractivity contribution >= 4 is 22.9 Å². The predicted octanol–water partition coefficient (Wildman–Crippen LogP) is 3.73. The van der Waals surface area contributed by atoms with Gasteiger partial charge in [-0.2, -0.15) is 0 Å². The van der Waals surface area contributed by atoms with Crippen LogP contribution in [0, 0.1) is 5.82 Å². The molecule has 1 heterocycles. The van der Waals surface area contributed by atoms with Crippen LogP contribution in [0.25, 0.3) is 0 Å². The fraction of sp³-hybridized carbons (Fsp3) is 0.357. The summed E-state index contributed by atoms with van der Waals surface area (Å²) in [6.45, 7) is 0. The van der Waals surface area contributed by atoms with Crippen LogP contribution < -0.4 is 5.32 Å². The van der Waals surface area contributed by atoms with E-state index in [4.69, 9.17) is 16.6 Å². The van der Waals surface area contributed by atoms with Gasteiger partial charge in [0.2, 0.25) is 0 Å². The molecule has 2 nitrogen and oxygen atoms in total. The molecule has 0 saturated heterocycles. The number of aromatic nitrogens is 1. The first kappa shape index (κ1) is 13.0. The third-order valence-electron chi connectivity index (χ3n) is 3.42. The summed E-state index contributed by atoms with van der Waals surface area (Å²) >= 11 is 7.46. The molecule has 2 aromatic rings. The third kappa shape index (κ3) is 2.40. The van der Waals surface area contributed by atoms with Crippen LogP contribution in [0.2, 0.25) is 5.02 Å². The Morgan fingerprint density at radius 2 is 2.26 bits per heavy atom. The van der Waals surface area contributed by atoms with Crippen LogP contribution in [0.1, 0.15) is 33.6 Å². The summed E-state index contributed by atoms with van der Waals surface area (Å²) in [6.07, 6.45) is 3.39. The summed E-state index contributed by atoms with van der Waals surface area (Å²) in [6, 6.07) is 4.86. The number of rotatable bonds is 3. The van der Waals surface area contributed by atoms with Gasteiger partial charge in [-0.1, -0.05) is 17.7 Å². The third-order valence-corrected chi connectivity index (χ3v) is 4.95. The average molecular weight is 297 g/mol. The topological polar surface area (TPSA) is 24.9 Å². The molecule has 5 heteroatoms. The first-order valence-electron chi connectivity index (χ1n) is 6.29. The van der Waals surface area contributed by atoms with Crippen LogP contribution >= 0.6 is 22.9 Å². The van der Waals surface area contributed by atoms with Crippen LogP contribution in [0.4, 0.5) is 4.39 Å². The Hall–Kier alpha value is -0.970. The largest absolute Gasteiger partial charge is 0.307 e. The average Bonchev–Trinajstić information content (AvgIpc) is 2.95. The second-order valence-electron chi connectivity index (χ2n) is 4.67. The fourth-order valence-electron chi connectivity index (χ4n) is 2.46. The van der Waals surface area contributed by atoms with E-state index >= 15 is 0 Å². The monoisotopic (exact) mass is 296 g/mol. The van der Waals surface area contributed by atoms with Crippen molar-refractivity contribution in [3.05, 3.63) is 50.2 Å². The van der Waals surface area contributed by atoms with Crippen molar-refractivity contribution in [2.24, 2.45) is 0 Å². The first-order valence-corrected chi connectivity index (χ1v) is 7.49. The molecule has 0 aliphatic heterocycles. The van der Waals surface area contributed by atoms with Gasteiger partial charge in [0.25, 0.3) is 0 Å². The molecule has 19 heavy (non-hydrogen) atoms. The van der Waals surface area contributed by atoms with E-state index in [1.165, 1.54) is 23.1 Å². The molecule has 3 rings (SSSR count). The minimum Gasteiger partial charge on any atom is -0.307 e. The molecule has 1 aromatic carbocycles. The molecule has 1 aromatic heterocycles. The minimum atomic E-state index is -0.386. The number of halogens is 2. The Bertz CT molecular complexity index is 590. The number of benzene rings is 1. The molecule has 0 saturated carbocycles. The fourth-order valence-corrected chi connectivity index (χ4v) is 3.87. The number of hydrogen-bond acceptors (Lipinski definition) is 3. The number of nitrogens with one attached hydrogen (secondary N) is 1. The normalized spacial score (nSPS) is 15.5. The lowest BCUT2D eigenvalue weighted by Crippen LogP contribution is -2.17. The van der Waals surface area contributed by atoms with Crippen molar-refractivity contribution in [1.82, 2.24) is 10.3 Å². The van der Waals surface area contributed by atoms with E-state index in [0.29, 0.717) is 0 Å². The molecule has 1 atom stereocenters. The van der Waals surface area contributed by atoms with Crippen LogP contribution in [-0.4, -0.2) is 12.0 Å². The maximum Gasteiger partial charge on any atom is 0.142 e. The molecule has 100 valence electrons. The molecule has 0 bridgehead atoms. The summed E-state index contributed by atoms with van der Waals surface area (Å²) in [5.41, 5.74) is 2.08. The lowest BCUT2D eigenvalue weighted by atomic mass is 10.1. The van der Waals surface area contributed by atoms with Gasteiger partial charge in [-0.3, -0.25) is 0 Å². The van der Waals surface area contributed by atoms with Crippen LogP contribution in [0.15, 0.2) is 18.2 Å². The van der Waals surface area contributed by atoms with Crippen LogP contribution in [0.3, 0.4) is 0 Å². The SMILES string of the molecule is CNC(c1ccc(Cl)c(F)c1)c1nc2c(s1)CCC2. The van der Waals surface area contributed by atoms with Gasteiger partial charge < -0.3 is 5.32 Å². The molecular weight excluding hydrogens is 283 g/mol. The van der Waals surface area contributed by atoms with Crippen molar-refractivity contribution < 1.29 is 4.39 Å². The Balaban J connectivity index is 1.96. The van der Waals surface area contributed by atoms with Crippen LogP contribution in [0.5, 0.6) is 0 Å². The molecule has 1 N–H and O–H groups in total. The molecular formula is C14H14ClFN2S. The summed E-state index contributed by atoms with van der Waals surface area (Å²) in [4.78, 5) is 6.07. The molecule has 1 aliphatic carbocycles. The van der Waals surface area contributed by atoms with E-state index in [2.05, 4.69) is 5.32 Å². The summed E-state index contributed by atoms with van der Waals surface area (Å²) in [5, 5.41) is 4.37. The molecule has 1 aliphatic rings. The van der Waals surface area contributed by atoms with E-state index < -0.39 is 0 Å². The molecule has 0 radical (unpaired) electrons. The minimum absolute atomic E-state index is 0.0673. The highest BCUT2D eigenvalue weighted by molar-refractivity contribution is 7.11. The van der Waals surface area contributed by atoms with E-state index in [-0.39, 0.29) is 16.9 Å². The zero-order chi connectivity index (χ0) is 13.4. The van der Waals surface area contributed by atoms with Crippen molar-refractivity contribution in [3.63, 3.8) is 0 Å². The van der Waals surface area contributed by atoms with E-state index in [9.17, 15) is 4.39 Å². The Labute approximate surface area is 120 Å². The second kappa shape index (κ2) is 5.19. The van der Waals surface area contributed by atoms with Gasteiger partial charge >= 0.3 is 0 Å². The van der Waals surface area contributed by atoms with Gasteiger partial charge in [0.15, 0.2) is 0 Å². The highest BCUT2D eigenvalue weighted by Gasteiger charge is 2.22. The molecule has 0 amide bonds. The molecule has 1 unspecified atom stereocenters. The van der Waals surface area contributed by atoms with E-state index in [1.807, 2.05) is 13.1 Å². The maximum atomic E-state index is 13.6. The summed E-state index contributed by atoms with van der Waals surface area (Å²) < 4.78 is 13.6. The van der Waals surface area contributed by atoms with Gasteiger partial charge in [0, 0.05) is 4.88 Å². The van der Waals surface area contributed by atoms with Crippen LogP contribution in [-0.2, 0) is 12.8 Å². The van der Waals surface area contributed by atoms with Gasteiger partial charge in [-0.05, 0) is 44.0 Å². The second-order valence-corrected chi connectivity index (χ2v) is 6.19. The standard InChI is InChI=1S/C14H14ClFN2S/c1-17-13(8-5-6-9(15)10(16)7-8)14-18-11-3-2-4-12(11)19-14/h5-7,13,17H,2-4H2,1H3. The number of nitrogens with zero attached hydrogens (tertiary/aromatic N) is 1. The Morgan fingerprint density at radius 3 is 2.95 bits per heavy atom. The highest BCUT2D eigenvalue weighted by Crippen LogP contribution is 2.33. The Kier molecular flexibility index (Phi) is 3.56. The quantitative estimate of drug-likeness (QED) is 0.933. The Morgan fingerprint density at radius 1 is 1.42 bits per heavy atom. The predicted molar refractivity (Wildman–Crippen MR) is 76.5 cm³/mol. The zero-order valence-corrected chi connectivity index (χ0v) is 12.1. The number of thiazole rings is 1. The summed E-state index contributed by atoms with van der Waals surface area (Å²) in [7, 11) is 1.86. The smallest absolute Gasteiger partial charge is 0.142 e. The molecule has 0 fully saturated rings. The van der Waals surface area contributed by atoms with Crippen molar-refractivity contribution in [3.8, 4) is 0 Å². The molecule has 0 spiro atoms. The van der Waals surface area contributed by atoms with Crippen molar-refractivity contribution in [2.45, 2.75) is 25.3 Å². The highest BCUT2D eigenvalue weighted by atomic mass is 35.5. The van der Waals surface area contributed by atoms with Crippen molar-refractivity contribution in [2.75, 3.05) is 7.05 Å². The lowest BCUT2D eigenvalue weighted by Gasteiger charge is -2.14. The number of fused-ring (bicyclic) bond motifs is 1. The van der Waals surface area contributed by atoms with Crippen molar-refractivity contribution in [1.29, 1.82) is 0 Å². The number of hydrogen-bond donors (Lipinski definition) is 1. The number of aryl methyl sites for hydroxylation is 2. The van der Waals surface area contributed by atoms with E-state index in [0.717, 1.165) is 23.4 Å². The maximum absolute atomic E-state index is 13.6. The van der Waals surface area contributed by atoms with Gasteiger partial charge in [0.1, 0.15) is 10.8 Å². The lowest BCUT2D eigenvalue weighted by molar-refractivity contribution is 0.616.